The fourth-order valence-corrected chi connectivity index (χ4v) is 1.83. The Balaban J connectivity index is 2.03. The van der Waals surface area contributed by atoms with Crippen LogP contribution in [0.2, 0.25) is 0 Å². The molecule has 1 saturated heterocycles. The van der Waals surface area contributed by atoms with E-state index in [4.69, 9.17) is 10.2 Å². The minimum Gasteiger partial charge on any atom is -0.396 e. The third-order valence-electron chi connectivity index (χ3n) is 2.76. The van der Waals surface area contributed by atoms with Gasteiger partial charge in [-0.1, -0.05) is 0 Å². The molecule has 14 heavy (non-hydrogen) atoms. The van der Waals surface area contributed by atoms with Gasteiger partial charge >= 0.3 is 0 Å². The van der Waals surface area contributed by atoms with E-state index in [0.29, 0.717) is 6.61 Å². The van der Waals surface area contributed by atoms with Gasteiger partial charge in [0.15, 0.2) is 0 Å². The van der Waals surface area contributed by atoms with E-state index in [1.807, 2.05) is 0 Å². The Labute approximate surface area is 86.1 Å². The summed E-state index contributed by atoms with van der Waals surface area (Å²) in [7, 11) is 0. The largest absolute Gasteiger partial charge is 0.396 e. The molecule has 2 N–H and O–H groups in total. The number of nitrogens with zero attached hydrogens (tertiary/aromatic N) is 2. The van der Waals surface area contributed by atoms with E-state index < -0.39 is 0 Å². The molecule has 1 heterocycles. The topological polar surface area (TPSA) is 46.9 Å². The fraction of sp³-hybridized carbons (Fsp3) is 1.00. The third-order valence-corrected chi connectivity index (χ3v) is 2.76. The predicted octanol–water partition coefficient (Wildman–Crippen LogP) is -0.631. The Bertz CT molecular complexity index is 136. The van der Waals surface area contributed by atoms with E-state index in [1.165, 1.54) is 0 Å². The number of hydrogen-bond donors (Lipinski definition) is 2. The van der Waals surface area contributed by atoms with Gasteiger partial charge in [-0.05, 0) is 19.4 Å². The SMILES string of the molecule is OCCCCN1CCN(CCO)CC1. The summed E-state index contributed by atoms with van der Waals surface area (Å²) < 4.78 is 0. The second-order valence-corrected chi connectivity index (χ2v) is 3.84. The van der Waals surface area contributed by atoms with E-state index in [9.17, 15) is 0 Å². The summed E-state index contributed by atoms with van der Waals surface area (Å²) in [5, 5.41) is 17.4. The Morgan fingerprint density at radius 1 is 0.714 bits per heavy atom. The van der Waals surface area contributed by atoms with Gasteiger partial charge in [0, 0.05) is 39.3 Å². The van der Waals surface area contributed by atoms with Gasteiger partial charge in [0.2, 0.25) is 0 Å². The van der Waals surface area contributed by atoms with Gasteiger partial charge in [0.1, 0.15) is 0 Å². The van der Waals surface area contributed by atoms with Gasteiger partial charge in [-0.2, -0.15) is 0 Å². The molecule has 1 aliphatic heterocycles. The summed E-state index contributed by atoms with van der Waals surface area (Å²) in [6, 6.07) is 0. The lowest BCUT2D eigenvalue weighted by molar-refractivity contribution is 0.110. The number of unbranched alkanes of at least 4 members (excludes halogenated alkanes) is 1. The van der Waals surface area contributed by atoms with E-state index >= 15 is 0 Å². The monoisotopic (exact) mass is 202 g/mol. The van der Waals surface area contributed by atoms with Gasteiger partial charge in [0.25, 0.3) is 0 Å². The minimum absolute atomic E-state index is 0.268. The van der Waals surface area contributed by atoms with Crippen molar-refractivity contribution in [2.45, 2.75) is 12.8 Å². The van der Waals surface area contributed by atoms with Crippen molar-refractivity contribution in [1.29, 1.82) is 0 Å². The highest BCUT2D eigenvalue weighted by Crippen LogP contribution is 2.02. The zero-order valence-electron chi connectivity index (χ0n) is 8.86. The molecule has 0 aromatic rings. The number of piperazine rings is 1. The molecule has 84 valence electrons. The minimum atomic E-state index is 0.268. The maximum absolute atomic E-state index is 8.77. The van der Waals surface area contributed by atoms with Crippen molar-refractivity contribution in [1.82, 2.24) is 9.80 Å². The van der Waals surface area contributed by atoms with E-state index in [2.05, 4.69) is 9.80 Å². The van der Waals surface area contributed by atoms with Crippen molar-refractivity contribution in [2.24, 2.45) is 0 Å². The average Bonchev–Trinajstić information content (AvgIpc) is 2.21. The molecule has 1 rings (SSSR count). The van der Waals surface area contributed by atoms with Crippen LogP contribution in [0.1, 0.15) is 12.8 Å². The first-order valence-electron chi connectivity index (χ1n) is 5.53. The number of β-amino-alcohol motifs (C(OH)–C–C–N with tert-alkyl or cyclic N) is 1. The molecule has 1 fully saturated rings. The normalized spacial score (nSPS) is 20.1. The second kappa shape index (κ2) is 7.17. The standard InChI is InChI=1S/C10H22N2O2/c13-9-2-1-3-11-4-6-12(7-5-11)8-10-14/h13-14H,1-10H2. The number of hydrogen-bond acceptors (Lipinski definition) is 4. The zero-order valence-corrected chi connectivity index (χ0v) is 8.86. The Morgan fingerprint density at radius 3 is 1.79 bits per heavy atom. The van der Waals surface area contributed by atoms with E-state index in [0.717, 1.165) is 52.1 Å². The van der Waals surface area contributed by atoms with Crippen LogP contribution in [0.15, 0.2) is 0 Å². The van der Waals surface area contributed by atoms with Crippen LogP contribution in [0, 0.1) is 0 Å². The quantitative estimate of drug-likeness (QED) is 0.563. The Hall–Kier alpha value is -0.160. The van der Waals surface area contributed by atoms with Crippen LogP contribution in [0.25, 0.3) is 0 Å². The van der Waals surface area contributed by atoms with Crippen molar-refractivity contribution < 1.29 is 10.2 Å². The lowest BCUT2D eigenvalue weighted by Crippen LogP contribution is -2.47. The van der Waals surface area contributed by atoms with E-state index in [1.54, 1.807) is 0 Å². The molecular formula is C10H22N2O2. The van der Waals surface area contributed by atoms with Crippen molar-refractivity contribution in [3.63, 3.8) is 0 Å². The van der Waals surface area contributed by atoms with Crippen LogP contribution in [0.4, 0.5) is 0 Å². The highest BCUT2D eigenvalue weighted by atomic mass is 16.3. The molecule has 0 spiro atoms. The van der Waals surface area contributed by atoms with Crippen molar-refractivity contribution >= 4 is 0 Å². The molecule has 0 atom stereocenters. The molecule has 0 amide bonds. The first-order valence-corrected chi connectivity index (χ1v) is 5.53. The van der Waals surface area contributed by atoms with Gasteiger partial charge in [-0.3, -0.25) is 4.90 Å². The summed E-state index contributed by atoms with van der Waals surface area (Å²) in [6.07, 6.45) is 2.01. The van der Waals surface area contributed by atoms with Crippen molar-refractivity contribution in [3.8, 4) is 0 Å². The fourth-order valence-electron chi connectivity index (χ4n) is 1.83. The highest BCUT2D eigenvalue weighted by molar-refractivity contribution is 4.71. The average molecular weight is 202 g/mol. The maximum atomic E-state index is 8.77. The van der Waals surface area contributed by atoms with Crippen LogP contribution in [-0.2, 0) is 0 Å². The highest BCUT2D eigenvalue weighted by Gasteiger charge is 2.15. The van der Waals surface area contributed by atoms with Crippen LogP contribution >= 0.6 is 0 Å². The summed E-state index contributed by atoms with van der Waals surface area (Å²) in [5.41, 5.74) is 0. The molecule has 0 radical (unpaired) electrons. The van der Waals surface area contributed by atoms with Crippen LogP contribution < -0.4 is 0 Å². The van der Waals surface area contributed by atoms with Crippen molar-refractivity contribution in [3.05, 3.63) is 0 Å². The maximum Gasteiger partial charge on any atom is 0.0558 e. The summed E-state index contributed by atoms with van der Waals surface area (Å²) in [6.45, 7) is 6.84. The Morgan fingerprint density at radius 2 is 1.29 bits per heavy atom. The van der Waals surface area contributed by atoms with Gasteiger partial charge in [-0.15, -0.1) is 0 Å². The van der Waals surface area contributed by atoms with Gasteiger partial charge < -0.3 is 15.1 Å². The van der Waals surface area contributed by atoms with E-state index in [-0.39, 0.29) is 6.61 Å². The molecule has 0 bridgehead atoms. The number of aliphatic hydroxyl groups excluding tert-OH is 2. The molecule has 0 saturated carbocycles. The zero-order chi connectivity index (χ0) is 10.2. The lowest BCUT2D eigenvalue weighted by Gasteiger charge is -2.34. The molecule has 0 aromatic heterocycles. The smallest absolute Gasteiger partial charge is 0.0558 e. The molecule has 0 aromatic carbocycles. The van der Waals surface area contributed by atoms with Crippen LogP contribution in [-0.4, -0.2) is 72.5 Å². The first-order chi connectivity index (χ1) is 6.86. The van der Waals surface area contributed by atoms with Crippen molar-refractivity contribution in [2.75, 3.05) is 52.5 Å². The molecule has 0 aliphatic carbocycles. The predicted molar refractivity (Wildman–Crippen MR) is 56.3 cm³/mol. The molecule has 1 aliphatic rings. The summed E-state index contributed by atoms with van der Waals surface area (Å²) in [5.74, 6) is 0. The van der Waals surface area contributed by atoms with Crippen LogP contribution in [0.3, 0.4) is 0 Å². The number of rotatable bonds is 6. The summed E-state index contributed by atoms with van der Waals surface area (Å²) in [4.78, 5) is 4.73. The molecule has 0 unspecified atom stereocenters. The third kappa shape index (κ3) is 4.37. The Kier molecular flexibility index (Phi) is 6.10. The van der Waals surface area contributed by atoms with Gasteiger partial charge in [-0.25, -0.2) is 0 Å². The summed E-state index contributed by atoms with van der Waals surface area (Å²) >= 11 is 0. The first kappa shape index (κ1) is 11.9. The lowest BCUT2D eigenvalue weighted by atomic mass is 10.2. The molecular weight excluding hydrogens is 180 g/mol. The molecule has 4 heteroatoms. The van der Waals surface area contributed by atoms with Gasteiger partial charge in [0.05, 0.1) is 6.61 Å². The number of aliphatic hydroxyl groups is 2. The molecule has 4 nitrogen and oxygen atoms in total. The van der Waals surface area contributed by atoms with Crippen LogP contribution in [0.5, 0.6) is 0 Å². The second-order valence-electron chi connectivity index (χ2n) is 3.84.